The van der Waals surface area contributed by atoms with E-state index in [1.807, 2.05) is 0 Å². The van der Waals surface area contributed by atoms with Crippen LogP contribution in [0.3, 0.4) is 0 Å². The summed E-state index contributed by atoms with van der Waals surface area (Å²) in [6.45, 7) is 0.688. The highest BCUT2D eigenvalue weighted by atomic mass is 35.5. The van der Waals surface area contributed by atoms with Crippen molar-refractivity contribution in [1.82, 2.24) is 5.32 Å². The summed E-state index contributed by atoms with van der Waals surface area (Å²) in [5.41, 5.74) is 6.05. The van der Waals surface area contributed by atoms with E-state index in [1.165, 1.54) is 0 Å². The Hall–Kier alpha value is -1.26. The zero-order valence-corrected chi connectivity index (χ0v) is 9.88. The monoisotopic (exact) mass is 242 g/mol. The zero-order valence-electron chi connectivity index (χ0n) is 9.13. The van der Waals surface area contributed by atoms with E-state index in [4.69, 9.17) is 22.1 Å². The Morgan fingerprint density at radius 2 is 2.31 bits per heavy atom. The van der Waals surface area contributed by atoms with Gasteiger partial charge in [0.15, 0.2) is 0 Å². The molecule has 0 fully saturated rings. The van der Waals surface area contributed by atoms with Gasteiger partial charge in [-0.2, -0.15) is 0 Å². The van der Waals surface area contributed by atoms with E-state index in [0.717, 1.165) is 5.56 Å². The molecule has 0 aromatic heterocycles. The number of amides is 1. The van der Waals surface area contributed by atoms with Crippen LogP contribution in [0.2, 0.25) is 5.02 Å². The second kappa shape index (κ2) is 6.35. The molecule has 16 heavy (non-hydrogen) atoms. The van der Waals surface area contributed by atoms with Crippen LogP contribution in [0.15, 0.2) is 18.2 Å². The molecule has 0 radical (unpaired) electrons. The van der Waals surface area contributed by atoms with Crippen LogP contribution in [-0.4, -0.2) is 19.6 Å². The van der Waals surface area contributed by atoms with Crippen molar-refractivity contribution in [1.29, 1.82) is 0 Å². The summed E-state index contributed by atoms with van der Waals surface area (Å²) in [5.74, 6) is 0.574. The maximum atomic E-state index is 11.3. The van der Waals surface area contributed by atoms with Crippen LogP contribution in [0.5, 0.6) is 5.75 Å². The predicted molar refractivity (Wildman–Crippen MR) is 63.5 cm³/mol. The highest BCUT2D eigenvalue weighted by Crippen LogP contribution is 2.25. The van der Waals surface area contributed by atoms with Crippen molar-refractivity contribution >= 4 is 17.5 Å². The molecule has 0 unspecified atom stereocenters. The number of ether oxygens (including phenoxy) is 1. The van der Waals surface area contributed by atoms with Crippen LogP contribution >= 0.6 is 11.6 Å². The Balaban J connectivity index is 2.69. The molecule has 0 aliphatic heterocycles. The van der Waals surface area contributed by atoms with Crippen LogP contribution in [-0.2, 0) is 11.3 Å². The van der Waals surface area contributed by atoms with Gasteiger partial charge in [0, 0.05) is 30.1 Å². The molecule has 0 aliphatic carbocycles. The fourth-order valence-electron chi connectivity index (χ4n) is 1.31. The molecule has 1 rings (SSSR count). The number of benzene rings is 1. The first kappa shape index (κ1) is 12.8. The number of carbonyl (C=O) groups excluding carboxylic acids is 1. The van der Waals surface area contributed by atoms with Crippen molar-refractivity contribution in [3.05, 3.63) is 28.8 Å². The third-order valence-corrected chi connectivity index (χ3v) is 2.48. The third-order valence-electron chi connectivity index (χ3n) is 2.13. The number of nitrogens with two attached hydrogens (primary N) is 1. The first-order valence-electron chi connectivity index (χ1n) is 4.97. The Morgan fingerprint density at radius 1 is 1.56 bits per heavy atom. The van der Waals surface area contributed by atoms with Gasteiger partial charge < -0.3 is 15.8 Å². The minimum absolute atomic E-state index is 0.0931. The summed E-state index contributed by atoms with van der Waals surface area (Å²) < 4.78 is 5.16. The average Bonchev–Trinajstić information content (AvgIpc) is 2.27. The van der Waals surface area contributed by atoms with E-state index >= 15 is 0 Å². The summed E-state index contributed by atoms with van der Waals surface area (Å²) in [6.07, 6.45) is 0.312. The number of halogens is 1. The van der Waals surface area contributed by atoms with Crippen LogP contribution in [0.1, 0.15) is 12.0 Å². The highest BCUT2D eigenvalue weighted by molar-refractivity contribution is 6.31. The Bertz CT molecular complexity index is 369. The quantitative estimate of drug-likeness (QED) is 0.819. The first-order valence-corrected chi connectivity index (χ1v) is 5.35. The minimum Gasteiger partial charge on any atom is -0.496 e. The fraction of sp³-hybridized carbons (Fsp3) is 0.364. The van der Waals surface area contributed by atoms with Crippen molar-refractivity contribution in [3.63, 3.8) is 0 Å². The van der Waals surface area contributed by atoms with E-state index in [1.54, 1.807) is 25.3 Å². The molecule has 4 nitrogen and oxygen atoms in total. The lowest BCUT2D eigenvalue weighted by molar-refractivity contribution is -0.121. The van der Waals surface area contributed by atoms with E-state index in [9.17, 15) is 4.79 Å². The third kappa shape index (κ3) is 3.40. The molecule has 0 heterocycles. The number of nitrogens with one attached hydrogen (secondary N) is 1. The van der Waals surface area contributed by atoms with Crippen molar-refractivity contribution in [3.8, 4) is 5.75 Å². The van der Waals surface area contributed by atoms with Crippen molar-refractivity contribution < 1.29 is 9.53 Å². The van der Waals surface area contributed by atoms with Crippen molar-refractivity contribution in [2.75, 3.05) is 13.7 Å². The van der Waals surface area contributed by atoms with Crippen LogP contribution in [0.25, 0.3) is 0 Å². The summed E-state index contributed by atoms with van der Waals surface area (Å²) in [6, 6.07) is 5.36. The van der Waals surface area contributed by atoms with Gasteiger partial charge in [0.25, 0.3) is 0 Å². The summed E-state index contributed by atoms with van der Waals surface area (Å²) in [4.78, 5) is 11.3. The molecule has 3 N–H and O–H groups in total. The Labute approximate surface area is 99.7 Å². The zero-order chi connectivity index (χ0) is 12.0. The molecule has 5 heteroatoms. The lowest BCUT2D eigenvalue weighted by atomic mass is 10.2. The largest absolute Gasteiger partial charge is 0.496 e. The van der Waals surface area contributed by atoms with Gasteiger partial charge in [0.05, 0.1) is 7.11 Å². The van der Waals surface area contributed by atoms with Gasteiger partial charge in [-0.15, -0.1) is 0 Å². The minimum atomic E-state index is -0.0931. The molecule has 1 aromatic rings. The van der Waals surface area contributed by atoms with Gasteiger partial charge in [-0.25, -0.2) is 0 Å². The van der Waals surface area contributed by atoms with Crippen molar-refractivity contribution in [2.45, 2.75) is 13.0 Å². The second-order valence-electron chi connectivity index (χ2n) is 3.24. The molecule has 0 spiro atoms. The van der Waals surface area contributed by atoms with Crippen LogP contribution in [0.4, 0.5) is 0 Å². The van der Waals surface area contributed by atoms with Gasteiger partial charge in [0.1, 0.15) is 5.75 Å². The van der Waals surface area contributed by atoms with E-state index in [0.29, 0.717) is 30.3 Å². The normalized spacial score (nSPS) is 9.94. The number of methoxy groups -OCH3 is 1. The molecule has 0 saturated carbocycles. The molecule has 0 bridgehead atoms. The molecule has 1 amide bonds. The SMILES string of the molecule is COc1cccc(Cl)c1CNC(=O)CCN. The van der Waals surface area contributed by atoms with E-state index < -0.39 is 0 Å². The summed E-state index contributed by atoms with van der Waals surface area (Å²) >= 11 is 6.01. The molecule has 1 aromatic carbocycles. The Kier molecular flexibility index (Phi) is 5.08. The molecular formula is C11H15ClN2O2. The van der Waals surface area contributed by atoms with E-state index in [-0.39, 0.29) is 5.91 Å². The van der Waals surface area contributed by atoms with Gasteiger partial charge in [-0.3, -0.25) is 4.79 Å². The number of rotatable bonds is 5. The van der Waals surface area contributed by atoms with Crippen LogP contribution in [0, 0.1) is 0 Å². The lowest BCUT2D eigenvalue weighted by Gasteiger charge is -2.11. The molecular weight excluding hydrogens is 228 g/mol. The summed E-state index contributed by atoms with van der Waals surface area (Å²) in [5, 5.41) is 3.31. The highest BCUT2D eigenvalue weighted by Gasteiger charge is 2.08. The molecule has 0 aliphatic rings. The van der Waals surface area contributed by atoms with Gasteiger partial charge in [0.2, 0.25) is 5.91 Å². The van der Waals surface area contributed by atoms with Gasteiger partial charge in [-0.05, 0) is 12.1 Å². The number of hydrogen-bond acceptors (Lipinski definition) is 3. The fourth-order valence-corrected chi connectivity index (χ4v) is 1.54. The summed E-state index contributed by atoms with van der Waals surface area (Å²) in [7, 11) is 1.57. The molecule has 0 atom stereocenters. The Morgan fingerprint density at radius 3 is 2.94 bits per heavy atom. The van der Waals surface area contributed by atoms with E-state index in [2.05, 4.69) is 5.32 Å². The molecule has 88 valence electrons. The van der Waals surface area contributed by atoms with Gasteiger partial charge in [-0.1, -0.05) is 17.7 Å². The van der Waals surface area contributed by atoms with Crippen molar-refractivity contribution in [2.24, 2.45) is 5.73 Å². The number of carbonyl (C=O) groups is 1. The second-order valence-corrected chi connectivity index (χ2v) is 3.64. The maximum absolute atomic E-state index is 11.3. The lowest BCUT2D eigenvalue weighted by Crippen LogP contribution is -2.25. The topological polar surface area (TPSA) is 64.3 Å². The van der Waals surface area contributed by atoms with Gasteiger partial charge >= 0.3 is 0 Å². The van der Waals surface area contributed by atoms with Crippen LogP contribution < -0.4 is 15.8 Å². The first-order chi connectivity index (χ1) is 7.69. The average molecular weight is 243 g/mol. The smallest absolute Gasteiger partial charge is 0.221 e. The predicted octanol–water partition coefficient (Wildman–Crippen LogP) is 1.31. The standard InChI is InChI=1S/C11H15ClN2O2/c1-16-10-4-2-3-9(12)8(10)7-14-11(15)5-6-13/h2-4H,5-7,13H2,1H3,(H,14,15). The molecule has 0 saturated heterocycles. The number of hydrogen-bond donors (Lipinski definition) is 2. The maximum Gasteiger partial charge on any atom is 0.221 e.